The minimum atomic E-state index is -3.26. The minimum Gasteiger partial charge on any atom is -0.358 e. The number of anilines is 1. The van der Waals surface area contributed by atoms with E-state index in [1.54, 1.807) is 0 Å². The summed E-state index contributed by atoms with van der Waals surface area (Å²) in [7, 11) is -1.42. The number of halogens is 1. The van der Waals surface area contributed by atoms with Crippen molar-refractivity contribution in [1.82, 2.24) is 9.97 Å². The van der Waals surface area contributed by atoms with E-state index in [1.807, 2.05) is 11.9 Å². The van der Waals surface area contributed by atoms with Crippen molar-refractivity contribution in [3.63, 3.8) is 0 Å². The lowest BCUT2D eigenvalue weighted by molar-refractivity contribution is 0.580. The number of hydrogen-bond acceptors (Lipinski definition) is 5. The molecule has 106 valence electrons. The highest BCUT2D eigenvalue weighted by Gasteiger charge is 2.33. The van der Waals surface area contributed by atoms with Crippen molar-refractivity contribution in [1.29, 1.82) is 0 Å². The Morgan fingerprint density at radius 1 is 1.37 bits per heavy atom. The maximum Gasteiger partial charge on any atom is 0.224 e. The number of aromatic nitrogens is 2. The smallest absolute Gasteiger partial charge is 0.224 e. The van der Waals surface area contributed by atoms with Crippen LogP contribution in [0.5, 0.6) is 0 Å². The van der Waals surface area contributed by atoms with Crippen LogP contribution in [0.15, 0.2) is 4.90 Å². The first-order chi connectivity index (χ1) is 8.81. The summed E-state index contributed by atoms with van der Waals surface area (Å²) in [6, 6.07) is 0. The van der Waals surface area contributed by atoms with Crippen LogP contribution in [0.2, 0.25) is 5.28 Å². The molecule has 2 heterocycles. The van der Waals surface area contributed by atoms with Gasteiger partial charge in [0.25, 0.3) is 0 Å². The predicted molar refractivity (Wildman–Crippen MR) is 75.5 cm³/mol. The zero-order valence-corrected chi connectivity index (χ0v) is 12.9. The summed E-state index contributed by atoms with van der Waals surface area (Å²) in [6.45, 7) is 5.00. The molecule has 1 aliphatic heterocycles. The Hall–Kier alpha value is -0.880. The first-order valence-corrected chi connectivity index (χ1v) is 8.34. The van der Waals surface area contributed by atoms with Crippen molar-refractivity contribution in [3.8, 4) is 0 Å². The lowest BCUT2D eigenvalue weighted by atomic mass is 10.1. The van der Waals surface area contributed by atoms with Crippen LogP contribution in [0.3, 0.4) is 0 Å². The molecule has 0 radical (unpaired) electrons. The molecule has 0 atom stereocenters. The van der Waals surface area contributed by atoms with Gasteiger partial charge in [-0.25, -0.2) is 13.4 Å². The Bertz CT molecular complexity index is 587. The summed E-state index contributed by atoms with van der Waals surface area (Å²) in [4.78, 5) is 10.3. The molecule has 0 N–H and O–H groups in total. The van der Waals surface area contributed by atoms with Crippen LogP contribution in [0, 0.1) is 5.92 Å². The van der Waals surface area contributed by atoms with Gasteiger partial charge >= 0.3 is 0 Å². The maximum atomic E-state index is 12.1. The standard InChI is InChI=1S/C12H18ClN3O2S/c1-8(2)4-6-16(3)11-10-9(14-12(13)15-11)5-7-19(10,17)18/h8H,4-7H2,1-3H3. The van der Waals surface area contributed by atoms with Crippen molar-refractivity contribution in [2.75, 3.05) is 24.2 Å². The highest BCUT2D eigenvalue weighted by Crippen LogP contribution is 2.33. The third kappa shape index (κ3) is 3.00. The second-order valence-corrected chi connectivity index (χ2v) is 7.65. The Labute approximate surface area is 118 Å². The Kier molecular flexibility index (Phi) is 4.01. The third-order valence-corrected chi connectivity index (χ3v) is 5.16. The normalized spacial score (nSPS) is 16.7. The molecule has 1 aliphatic rings. The van der Waals surface area contributed by atoms with E-state index >= 15 is 0 Å². The molecule has 0 spiro atoms. The van der Waals surface area contributed by atoms with E-state index in [1.165, 1.54) is 0 Å². The van der Waals surface area contributed by atoms with Gasteiger partial charge in [0.05, 0.1) is 11.4 Å². The topological polar surface area (TPSA) is 63.2 Å². The second kappa shape index (κ2) is 5.25. The Morgan fingerprint density at radius 2 is 2.05 bits per heavy atom. The van der Waals surface area contributed by atoms with Gasteiger partial charge < -0.3 is 4.90 Å². The second-order valence-electron chi connectivity index (χ2n) is 5.27. The van der Waals surface area contributed by atoms with E-state index in [9.17, 15) is 8.42 Å². The lowest BCUT2D eigenvalue weighted by Crippen LogP contribution is -2.23. The van der Waals surface area contributed by atoms with Gasteiger partial charge in [-0.1, -0.05) is 13.8 Å². The number of rotatable bonds is 4. The molecule has 1 aromatic heterocycles. The zero-order valence-electron chi connectivity index (χ0n) is 11.4. The summed E-state index contributed by atoms with van der Waals surface area (Å²) in [5, 5.41) is 0.113. The highest BCUT2D eigenvalue weighted by molar-refractivity contribution is 7.91. The molecule has 0 aliphatic carbocycles. The molecular formula is C12H18ClN3O2S. The van der Waals surface area contributed by atoms with Gasteiger partial charge in [0.1, 0.15) is 4.90 Å². The number of fused-ring (bicyclic) bond motifs is 1. The number of hydrogen-bond donors (Lipinski definition) is 0. The first-order valence-electron chi connectivity index (χ1n) is 6.31. The van der Waals surface area contributed by atoms with Gasteiger partial charge in [-0.2, -0.15) is 4.98 Å². The van der Waals surface area contributed by atoms with Crippen LogP contribution in [-0.2, 0) is 16.3 Å². The van der Waals surface area contributed by atoms with Gasteiger partial charge in [-0.15, -0.1) is 0 Å². The van der Waals surface area contributed by atoms with Gasteiger partial charge in [-0.3, -0.25) is 0 Å². The van der Waals surface area contributed by atoms with Gasteiger partial charge in [-0.05, 0) is 23.9 Å². The molecule has 0 amide bonds. The maximum absolute atomic E-state index is 12.1. The fourth-order valence-corrected chi connectivity index (χ4v) is 3.93. The van der Waals surface area contributed by atoms with Crippen LogP contribution < -0.4 is 4.90 Å². The monoisotopic (exact) mass is 303 g/mol. The van der Waals surface area contributed by atoms with Gasteiger partial charge in [0, 0.05) is 20.0 Å². The summed E-state index contributed by atoms with van der Waals surface area (Å²) in [6.07, 6.45) is 1.39. The predicted octanol–water partition coefficient (Wildman–Crippen LogP) is 1.94. The fourth-order valence-electron chi connectivity index (χ4n) is 2.09. The van der Waals surface area contributed by atoms with E-state index in [4.69, 9.17) is 11.6 Å². The van der Waals surface area contributed by atoms with Crippen LogP contribution in [-0.4, -0.2) is 37.7 Å². The highest BCUT2D eigenvalue weighted by atomic mass is 35.5. The Morgan fingerprint density at radius 3 is 2.68 bits per heavy atom. The first kappa shape index (κ1) is 14.5. The molecule has 0 saturated carbocycles. The average Bonchev–Trinajstić information content (AvgIpc) is 2.61. The largest absolute Gasteiger partial charge is 0.358 e. The fraction of sp³-hybridized carbons (Fsp3) is 0.667. The molecule has 0 saturated heterocycles. The molecule has 0 aromatic carbocycles. The third-order valence-electron chi connectivity index (χ3n) is 3.21. The summed E-state index contributed by atoms with van der Waals surface area (Å²) >= 11 is 5.88. The summed E-state index contributed by atoms with van der Waals surface area (Å²) < 4.78 is 24.2. The number of sulfone groups is 1. The quantitative estimate of drug-likeness (QED) is 0.796. The van der Waals surface area contributed by atoms with Gasteiger partial charge in [0.2, 0.25) is 5.28 Å². The SMILES string of the molecule is CC(C)CCN(C)c1nc(Cl)nc2c1S(=O)(=O)CC2. The Balaban J connectivity index is 2.41. The molecular weight excluding hydrogens is 286 g/mol. The number of aryl methyl sites for hydroxylation is 1. The van der Waals surface area contributed by atoms with E-state index < -0.39 is 9.84 Å². The zero-order chi connectivity index (χ0) is 14.2. The van der Waals surface area contributed by atoms with E-state index in [2.05, 4.69) is 23.8 Å². The van der Waals surface area contributed by atoms with Crippen molar-refractivity contribution in [3.05, 3.63) is 11.0 Å². The minimum absolute atomic E-state index is 0.0996. The summed E-state index contributed by atoms with van der Waals surface area (Å²) in [5.74, 6) is 1.08. The molecule has 0 unspecified atom stereocenters. The van der Waals surface area contributed by atoms with E-state index in [0.717, 1.165) is 13.0 Å². The molecule has 7 heteroatoms. The van der Waals surface area contributed by atoms with Crippen LogP contribution in [0.1, 0.15) is 26.0 Å². The number of nitrogens with zero attached hydrogens (tertiary/aromatic N) is 3. The van der Waals surface area contributed by atoms with Crippen molar-refractivity contribution in [2.24, 2.45) is 5.92 Å². The van der Waals surface area contributed by atoms with Gasteiger partial charge in [0.15, 0.2) is 15.7 Å². The van der Waals surface area contributed by atoms with Crippen molar-refractivity contribution >= 4 is 27.3 Å². The van der Waals surface area contributed by atoms with Crippen molar-refractivity contribution < 1.29 is 8.42 Å². The molecule has 5 nitrogen and oxygen atoms in total. The molecule has 2 rings (SSSR count). The van der Waals surface area contributed by atoms with Crippen LogP contribution in [0.4, 0.5) is 5.82 Å². The molecule has 19 heavy (non-hydrogen) atoms. The molecule has 0 fully saturated rings. The summed E-state index contributed by atoms with van der Waals surface area (Å²) in [5.41, 5.74) is 0.548. The lowest BCUT2D eigenvalue weighted by Gasteiger charge is -2.21. The van der Waals surface area contributed by atoms with Crippen LogP contribution >= 0.6 is 11.6 Å². The molecule has 1 aromatic rings. The average molecular weight is 304 g/mol. The molecule has 0 bridgehead atoms. The van der Waals surface area contributed by atoms with E-state index in [0.29, 0.717) is 23.9 Å². The van der Waals surface area contributed by atoms with Crippen molar-refractivity contribution in [2.45, 2.75) is 31.6 Å². The van der Waals surface area contributed by atoms with Crippen LogP contribution in [0.25, 0.3) is 0 Å². The van der Waals surface area contributed by atoms with E-state index in [-0.39, 0.29) is 15.9 Å².